The average molecular weight is 476 g/mol. The molecule has 1 aliphatic heterocycles. The number of fused-ring (bicyclic) bond motifs is 1. The van der Waals surface area contributed by atoms with Crippen LogP contribution in [0.2, 0.25) is 0 Å². The predicted octanol–water partition coefficient (Wildman–Crippen LogP) is 4.15. The summed E-state index contributed by atoms with van der Waals surface area (Å²) in [6.07, 6.45) is 0.645. The fourth-order valence-corrected chi connectivity index (χ4v) is 5.36. The van der Waals surface area contributed by atoms with E-state index in [-0.39, 0.29) is 22.9 Å². The number of ether oxygens (including phenoxy) is 1. The third-order valence-electron chi connectivity index (χ3n) is 5.60. The quantitative estimate of drug-likeness (QED) is 0.386. The molecule has 2 heterocycles. The Morgan fingerprint density at radius 2 is 1.85 bits per heavy atom. The third kappa shape index (κ3) is 4.17. The van der Waals surface area contributed by atoms with E-state index in [9.17, 15) is 13.2 Å². The summed E-state index contributed by atoms with van der Waals surface area (Å²) in [4.78, 5) is 16.9. The topological polar surface area (TPSA) is 103 Å². The highest BCUT2D eigenvalue weighted by molar-refractivity contribution is 7.92. The highest BCUT2D eigenvalue weighted by Gasteiger charge is 2.31. The zero-order valence-corrected chi connectivity index (χ0v) is 19.2. The first kappa shape index (κ1) is 21.8. The zero-order chi connectivity index (χ0) is 23.7. The lowest BCUT2D eigenvalue weighted by Gasteiger charge is -2.19. The van der Waals surface area contributed by atoms with Crippen molar-refractivity contribution < 1.29 is 22.5 Å². The van der Waals surface area contributed by atoms with Gasteiger partial charge in [0.05, 0.1) is 16.1 Å². The number of aromatic nitrogens is 2. The zero-order valence-electron chi connectivity index (χ0n) is 18.3. The van der Waals surface area contributed by atoms with Crippen LogP contribution < -0.4 is 4.31 Å². The Kier molecular flexibility index (Phi) is 5.62. The fraction of sp³-hybridized carbons (Fsp3) is 0.160. The molecule has 0 atom stereocenters. The minimum Gasteiger partial charge on any atom is -0.454 e. The van der Waals surface area contributed by atoms with Crippen LogP contribution in [0.25, 0.3) is 11.5 Å². The van der Waals surface area contributed by atoms with E-state index in [2.05, 4.69) is 10.1 Å². The van der Waals surface area contributed by atoms with Gasteiger partial charge >= 0.3 is 5.97 Å². The molecule has 0 aliphatic carbocycles. The molecule has 8 nitrogen and oxygen atoms in total. The van der Waals surface area contributed by atoms with Crippen molar-refractivity contribution in [3.05, 3.63) is 95.3 Å². The molecule has 0 radical (unpaired) electrons. The number of carbonyl (C=O) groups is 1. The second kappa shape index (κ2) is 8.75. The number of hydrogen-bond acceptors (Lipinski definition) is 7. The standard InChI is InChI=1S/C25H21N3O5S/c1-17-9-11-19(12-10-17)24-26-23(27-33-24)16-32-25(29)20-6-4-7-21(15-20)34(30,31)28-14-13-18-5-2-3-8-22(18)28/h2-12,15H,13-14,16H2,1H3. The number of esters is 1. The maximum atomic E-state index is 13.3. The molecule has 0 N–H and O–H groups in total. The normalized spacial score (nSPS) is 13.0. The molecule has 3 aromatic carbocycles. The van der Waals surface area contributed by atoms with E-state index in [4.69, 9.17) is 9.26 Å². The SMILES string of the molecule is Cc1ccc(-c2nc(COC(=O)c3cccc(S(=O)(=O)N4CCc5ccccc54)c3)no2)cc1. The lowest BCUT2D eigenvalue weighted by atomic mass is 10.1. The Hall–Kier alpha value is -3.98. The summed E-state index contributed by atoms with van der Waals surface area (Å²) in [5, 5.41) is 3.85. The van der Waals surface area contributed by atoms with Gasteiger partial charge in [0.1, 0.15) is 0 Å². The second-order valence-corrected chi connectivity index (χ2v) is 9.80. The number of aryl methyl sites for hydroxylation is 1. The summed E-state index contributed by atoms with van der Waals surface area (Å²) in [5.41, 5.74) is 3.63. The number of nitrogens with zero attached hydrogens (tertiary/aromatic N) is 3. The molecule has 0 saturated heterocycles. The molecule has 4 aromatic rings. The van der Waals surface area contributed by atoms with Crippen molar-refractivity contribution in [1.29, 1.82) is 0 Å². The van der Waals surface area contributed by atoms with E-state index in [0.717, 1.165) is 16.7 Å². The van der Waals surface area contributed by atoms with Gasteiger partial charge in [-0.3, -0.25) is 4.31 Å². The maximum absolute atomic E-state index is 13.3. The molecule has 0 saturated carbocycles. The highest BCUT2D eigenvalue weighted by atomic mass is 32.2. The Labute approximate surface area is 196 Å². The fourth-order valence-electron chi connectivity index (χ4n) is 3.81. The van der Waals surface area contributed by atoms with Crippen LogP contribution in [0.15, 0.2) is 82.2 Å². The number of carbonyl (C=O) groups excluding carboxylic acids is 1. The molecule has 9 heteroatoms. The van der Waals surface area contributed by atoms with Gasteiger partial charge in [0.2, 0.25) is 5.82 Å². The van der Waals surface area contributed by atoms with Crippen molar-refractivity contribution in [3.8, 4) is 11.5 Å². The number of anilines is 1. The molecular weight excluding hydrogens is 454 g/mol. The third-order valence-corrected chi connectivity index (χ3v) is 7.41. The Balaban J connectivity index is 1.29. The number of rotatable bonds is 6. The van der Waals surface area contributed by atoms with E-state index in [1.54, 1.807) is 6.07 Å². The largest absolute Gasteiger partial charge is 0.454 e. The molecule has 1 aromatic heterocycles. The summed E-state index contributed by atoms with van der Waals surface area (Å²) in [6, 6.07) is 20.8. The van der Waals surface area contributed by atoms with Crippen molar-refractivity contribution in [2.24, 2.45) is 0 Å². The molecule has 0 amide bonds. The second-order valence-electron chi connectivity index (χ2n) is 7.94. The molecule has 0 bridgehead atoms. The van der Waals surface area contributed by atoms with Gasteiger partial charge in [-0.15, -0.1) is 0 Å². The van der Waals surface area contributed by atoms with Gasteiger partial charge in [-0.05, 0) is 55.3 Å². The van der Waals surface area contributed by atoms with Crippen LogP contribution in [-0.4, -0.2) is 31.1 Å². The summed E-state index contributed by atoms with van der Waals surface area (Å²) in [6.45, 7) is 2.13. The van der Waals surface area contributed by atoms with Crippen LogP contribution in [0.3, 0.4) is 0 Å². The predicted molar refractivity (Wildman–Crippen MR) is 125 cm³/mol. The smallest absolute Gasteiger partial charge is 0.338 e. The first-order valence-corrected chi connectivity index (χ1v) is 12.1. The van der Waals surface area contributed by atoms with Crippen LogP contribution in [0.5, 0.6) is 0 Å². The lowest BCUT2D eigenvalue weighted by molar-refractivity contribution is 0.0459. The molecule has 1 aliphatic rings. The van der Waals surface area contributed by atoms with E-state index in [1.807, 2.05) is 49.4 Å². The molecule has 172 valence electrons. The molecular formula is C25H21N3O5S. The van der Waals surface area contributed by atoms with Crippen molar-refractivity contribution in [2.75, 3.05) is 10.8 Å². The maximum Gasteiger partial charge on any atom is 0.338 e. The Morgan fingerprint density at radius 1 is 1.06 bits per heavy atom. The van der Waals surface area contributed by atoms with Gasteiger partial charge < -0.3 is 9.26 Å². The van der Waals surface area contributed by atoms with Gasteiger partial charge in [0, 0.05) is 12.1 Å². The Bertz CT molecular complexity index is 1460. The highest BCUT2D eigenvalue weighted by Crippen LogP contribution is 2.32. The summed E-state index contributed by atoms with van der Waals surface area (Å²) in [7, 11) is -3.82. The summed E-state index contributed by atoms with van der Waals surface area (Å²) in [5.74, 6) is -0.146. The van der Waals surface area contributed by atoms with E-state index in [0.29, 0.717) is 24.5 Å². The summed E-state index contributed by atoms with van der Waals surface area (Å²) >= 11 is 0. The van der Waals surface area contributed by atoms with E-state index < -0.39 is 16.0 Å². The van der Waals surface area contributed by atoms with Crippen molar-refractivity contribution in [1.82, 2.24) is 10.1 Å². The van der Waals surface area contributed by atoms with Crippen molar-refractivity contribution in [3.63, 3.8) is 0 Å². The molecule has 0 spiro atoms. The summed E-state index contributed by atoms with van der Waals surface area (Å²) < 4.78 is 38.4. The van der Waals surface area contributed by atoms with Crippen LogP contribution in [-0.2, 0) is 27.8 Å². The van der Waals surface area contributed by atoms with Crippen molar-refractivity contribution in [2.45, 2.75) is 24.8 Å². The first-order chi connectivity index (χ1) is 16.4. The van der Waals surface area contributed by atoms with Crippen molar-refractivity contribution >= 4 is 21.7 Å². The van der Waals surface area contributed by atoms with Crippen LogP contribution >= 0.6 is 0 Å². The number of benzene rings is 3. The van der Waals surface area contributed by atoms with E-state index >= 15 is 0 Å². The Morgan fingerprint density at radius 3 is 2.68 bits per heavy atom. The van der Waals surface area contributed by atoms with Crippen LogP contribution in [0, 0.1) is 6.92 Å². The minimum atomic E-state index is -3.82. The number of para-hydroxylation sites is 1. The van der Waals surface area contributed by atoms with Crippen LogP contribution in [0.1, 0.15) is 27.3 Å². The minimum absolute atomic E-state index is 0.0277. The molecule has 5 rings (SSSR count). The number of sulfonamides is 1. The van der Waals surface area contributed by atoms with Crippen LogP contribution in [0.4, 0.5) is 5.69 Å². The number of hydrogen-bond donors (Lipinski definition) is 0. The van der Waals surface area contributed by atoms with Gasteiger partial charge in [0.15, 0.2) is 6.61 Å². The molecule has 34 heavy (non-hydrogen) atoms. The van der Waals surface area contributed by atoms with Gasteiger partial charge in [-0.2, -0.15) is 4.98 Å². The molecule has 0 fully saturated rings. The van der Waals surface area contributed by atoms with Gasteiger partial charge in [-0.25, -0.2) is 13.2 Å². The lowest BCUT2D eigenvalue weighted by Crippen LogP contribution is -2.29. The van der Waals surface area contributed by atoms with E-state index in [1.165, 1.54) is 28.6 Å². The average Bonchev–Trinajstić information content (AvgIpc) is 3.51. The molecule has 0 unspecified atom stereocenters. The monoisotopic (exact) mass is 475 g/mol. The first-order valence-electron chi connectivity index (χ1n) is 10.7. The van der Waals surface area contributed by atoms with Gasteiger partial charge in [0.25, 0.3) is 15.9 Å². The van der Waals surface area contributed by atoms with Gasteiger partial charge in [-0.1, -0.05) is 47.1 Å².